The zero-order valence-electron chi connectivity index (χ0n) is 13.5. The van der Waals surface area contributed by atoms with Crippen molar-refractivity contribution in [2.75, 3.05) is 5.75 Å². The van der Waals surface area contributed by atoms with Crippen LogP contribution in [0, 0.1) is 0 Å². The number of pyridine rings is 1. The van der Waals surface area contributed by atoms with Crippen LogP contribution in [0.25, 0.3) is 0 Å². The first kappa shape index (κ1) is 20.0. The lowest BCUT2D eigenvalue weighted by Crippen LogP contribution is -2.69. The van der Waals surface area contributed by atoms with Crippen LogP contribution in [0.4, 0.5) is 0 Å². The predicted molar refractivity (Wildman–Crippen MR) is 94.6 cm³/mol. The van der Waals surface area contributed by atoms with Gasteiger partial charge in [0.1, 0.15) is 11.4 Å². The zero-order valence-corrected chi connectivity index (χ0v) is 15.2. The number of carbonyl (C=O) groups excluding carboxylic acids is 3. The molecule has 0 aromatic carbocycles. The van der Waals surface area contributed by atoms with Gasteiger partial charge in [-0.3, -0.25) is 14.5 Å². The highest BCUT2D eigenvalue weighted by Gasteiger charge is 2.49. The van der Waals surface area contributed by atoms with E-state index >= 15 is 0 Å². The molecule has 138 valence electrons. The van der Waals surface area contributed by atoms with Crippen molar-refractivity contribution in [2.24, 2.45) is 11.5 Å². The number of nitrogens with zero attached hydrogens (tertiary/aromatic N) is 2. The first-order valence-corrected chi connectivity index (χ1v) is 8.55. The van der Waals surface area contributed by atoms with Crippen molar-refractivity contribution in [3.63, 3.8) is 0 Å². The SMILES string of the molecule is Cl.NC(=O)c1cc[n+](C/C=C/C2=C(C(=O)[O-])N3C(=O)C(N)[C@@H]3SC2)cc1. The van der Waals surface area contributed by atoms with Crippen LogP contribution in [0.5, 0.6) is 0 Å². The fourth-order valence-electron chi connectivity index (χ4n) is 2.72. The Morgan fingerprint density at radius 3 is 2.62 bits per heavy atom. The van der Waals surface area contributed by atoms with E-state index in [4.69, 9.17) is 11.5 Å². The number of allylic oxidation sites excluding steroid dienone is 2. The molecule has 2 aliphatic heterocycles. The summed E-state index contributed by atoms with van der Waals surface area (Å²) in [7, 11) is 0. The fraction of sp³-hybridized carbons (Fsp3) is 0.250. The Kier molecular flexibility index (Phi) is 6.06. The maximum atomic E-state index is 11.8. The Balaban J connectivity index is 0.00000243. The van der Waals surface area contributed by atoms with Crippen LogP contribution < -0.4 is 21.1 Å². The van der Waals surface area contributed by atoms with E-state index < -0.39 is 23.8 Å². The standard InChI is InChI=1S/C16H16N4O4S.ClH/c17-11-14(22)20-12(16(23)24)10(8-25-15(11)20)2-1-5-19-6-3-9(4-7-19)13(18)21;/h1-4,6-7,11,15H,5,8,17H2,(H2-,18,21,23,24);1H/b2-1+;/t11?,15-;/m0./s1. The summed E-state index contributed by atoms with van der Waals surface area (Å²) < 4.78 is 1.80. The number of thioether (sulfide) groups is 1. The summed E-state index contributed by atoms with van der Waals surface area (Å²) in [6.45, 7) is 0.463. The van der Waals surface area contributed by atoms with E-state index in [2.05, 4.69) is 0 Å². The fourth-order valence-corrected chi connectivity index (χ4v) is 3.98. The molecule has 2 amide bonds. The molecule has 1 saturated heterocycles. The van der Waals surface area contributed by atoms with Crippen molar-refractivity contribution < 1.29 is 24.1 Å². The van der Waals surface area contributed by atoms with Crippen molar-refractivity contribution in [1.82, 2.24) is 4.90 Å². The maximum Gasteiger partial charge on any atom is 0.249 e. The van der Waals surface area contributed by atoms with Crippen LogP contribution in [0.3, 0.4) is 0 Å². The number of hydrogen-bond acceptors (Lipinski definition) is 6. The lowest BCUT2D eigenvalue weighted by atomic mass is 10.0. The lowest BCUT2D eigenvalue weighted by molar-refractivity contribution is -0.687. The van der Waals surface area contributed by atoms with Gasteiger partial charge in [0.25, 0.3) is 0 Å². The molecule has 3 heterocycles. The number of carboxylic acid groups (broad SMARTS) is 1. The van der Waals surface area contributed by atoms with Crippen molar-refractivity contribution in [3.8, 4) is 0 Å². The topological polar surface area (TPSA) is 133 Å². The predicted octanol–water partition coefficient (Wildman–Crippen LogP) is -1.70. The zero-order chi connectivity index (χ0) is 18.1. The van der Waals surface area contributed by atoms with Gasteiger partial charge in [-0.1, -0.05) is 6.08 Å². The van der Waals surface area contributed by atoms with Gasteiger partial charge in [-0.2, -0.15) is 0 Å². The highest BCUT2D eigenvalue weighted by atomic mass is 35.5. The minimum Gasteiger partial charge on any atom is -0.543 e. The third-order valence-electron chi connectivity index (χ3n) is 4.04. The average Bonchev–Trinajstić information content (AvgIpc) is 2.60. The molecule has 1 fully saturated rings. The van der Waals surface area contributed by atoms with Gasteiger partial charge < -0.3 is 21.4 Å². The minimum atomic E-state index is -1.39. The Morgan fingerprint density at radius 1 is 1.38 bits per heavy atom. The second-order valence-corrected chi connectivity index (χ2v) is 6.75. The van der Waals surface area contributed by atoms with E-state index in [-0.39, 0.29) is 23.5 Å². The third-order valence-corrected chi connectivity index (χ3v) is 5.37. The molecule has 2 aliphatic rings. The molecule has 0 radical (unpaired) electrons. The van der Waals surface area contributed by atoms with Crippen molar-refractivity contribution in [3.05, 3.63) is 53.5 Å². The van der Waals surface area contributed by atoms with E-state index in [0.29, 0.717) is 23.4 Å². The molecule has 1 aromatic heterocycles. The Morgan fingerprint density at radius 2 is 2.04 bits per heavy atom. The van der Waals surface area contributed by atoms with Gasteiger partial charge in [0.05, 0.1) is 17.2 Å². The molecule has 0 saturated carbocycles. The number of carboxylic acids is 1. The summed E-state index contributed by atoms with van der Waals surface area (Å²) in [5, 5.41) is 11.1. The van der Waals surface area contributed by atoms with Crippen LogP contribution in [-0.2, 0) is 16.1 Å². The first-order valence-electron chi connectivity index (χ1n) is 7.50. The molecular formula is C16H17ClN4O4S. The molecule has 2 atom stereocenters. The molecule has 8 nitrogen and oxygen atoms in total. The second kappa shape index (κ2) is 7.90. The molecule has 0 aliphatic carbocycles. The third kappa shape index (κ3) is 3.59. The molecular weight excluding hydrogens is 380 g/mol. The molecule has 1 unspecified atom stereocenters. The number of halogens is 1. The highest BCUT2D eigenvalue weighted by molar-refractivity contribution is 8.00. The first-order chi connectivity index (χ1) is 11.9. The Bertz CT molecular complexity index is 809. The van der Waals surface area contributed by atoms with Gasteiger partial charge >= 0.3 is 0 Å². The van der Waals surface area contributed by atoms with Crippen LogP contribution >= 0.6 is 24.2 Å². The molecule has 1 aromatic rings. The molecule has 3 rings (SSSR count). The monoisotopic (exact) mass is 396 g/mol. The van der Waals surface area contributed by atoms with Crippen LogP contribution in [0.15, 0.2) is 47.9 Å². The second-order valence-electron chi connectivity index (χ2n) is 5.65. The summed E-state index contributed by atoms with van der Waals surface area (Å²) >= 11 is 1.43. The average molecular weight is 397 g/mol. The summed E-state index contributed by atoms with van der Waals surface area (Å²) in [6, 6.07) is 2.54. The summed E-state index contributed by atoms with van der Waals surface area (Å²) in [6.07, 6.45) is 6.83. The lowest BCUT2D eigenvalue weighted by Gasteiger charge is -2.49. The number of hydrogen-bond donors (Lipinski definition) is 2. The molecule has 0 spiro atoms. The normalized spacial score (nSPS) is 21.9. The van der Waals surface area contributed by atoms with E-state index in [1.165, 1.54) is 16.7 Å². The number of β-lactam (4-membered cyclic amide) rings is 1. The summed E-state index contributed by atoms with van der Waals surface area (Å²) in [5.74, 6) is -1.85. The van der Waals surface area contributed by atoms with Gasteiger partial charge in [-0.25, -0.2) is 4.57 Å². The number of aromatic nitrogens is 1. The number of rotatable bonds is 5. The Hall–Kier alpha value is -2.36. The Labute approximate surface area is 159 Å². The number of carbonyl (C=O) groups is 3. The van der Waals surface area contributed by atoms with E-state index in [9.17, 15) is 19.5 Å². The summed E-state index contributed by atoms with van der Waals surface area (Å²) in [4.78, 5) is 35.5. The van der Waals surface area contributed by atoms with Gasteiger partial charge in [0, 0.05) is 17.9 Å². The summed E-state index contributed by atoms with van der Waals surface area (Å²) in [5.41, 5.74) is 11.7. The largest absolute Gasteiger partial charge is 0.543 e. The number of aliphatic carboxylic acids is 1. The van der Waals surface area contributed by atoms with Crippen molar-refractivity contribution in [2.45, 2.75) is 18.0 Å². The van der Waals surface area contributed by atoms with Crippen molar-refractivity contribution >= 4 is 42.0 Å². The van der Waals surface area contributed by atoms with Crippen molar-refractivity contribution in [1.29, 1.82) is 0 Å². The molecule has 4 N–H and O–H groups in total. The number of nitrogens with two attached hydrogens (primary N) is 2. The van der Waals surface area contributed by atoms with Gasteiger partial charge in [0.15, 0.2) is 18.9 Å². The quantitative estimate of drug-likeness (QED) is 0.450. The van der Waals surface area contributed by atoms with Gasteiger partial charge in [-0.15, -0.1) is 24.2 Å². The molecule has 0 bridgehead atoms. The molecule has 26 heavy (non-hydrogen) atoms. The van der Waals surface area contributed by atoms with Gasteiger partial charge in [-0.05, 0) is 11.6 Å². The van der Waals surface area contributed by atoms with Gasteiger partial charge in [0.2, 0.25) is 11.8 Å². The molecule has 10 heteroatoms. The number of fused-ring (bicyclic) bond motifs is 1. The van der Waals surface area contributed by atoms with Crippen LogP contribution in [-0.4, -0.2) is 39.9 Å². The van der Waals surface area contributed by atoms with E-state index in [1.807, 2.05) is 0 Å². The number of primary amides is 1. The maximum absolute atomic E-state index is 11.8. The van der Waals surface area contributed by atoms with Crippen LogP contribution in [0.2, 0.25) is 0 Å². The minimum absolute atomic E-state index is 0. The van der Waals surface area contributed by atoms with E-state index in [0.717, 1.165) is 0 Å². The number of amides is 2. The highest BCUT2D eigenvalue weighted by Crippen LogP contribution is 2.39. The van der Waals surface area contributed by atoms with E-state index in [1.54, 1.807) is 41.2 Å². The smallest absolute Gasteiger partial charge is 0.249 e. The van der Waals surface area contributed by atoms with Crippen LogP contribution in [0.1, 0.15) is 10.4 Å².